The average Bonchev–Trinajstić information content (AvgIpc) is 1.98. The number of rotatable bonds is 70. The van der Waals surface area contributed by atoms with E-state index in [1.54, 1.807) is 0 Å². The lowest BCUT2D eigenvalue weighted by atomic mass is 9.99. The first-order valence-corrected chi connectivity index (χ1v) is 40.8. The highest BCUT2D eigenvalue weighted by molar-refractivity contribution is 7.47. The van der Waals surface area contributed by atoms with Gasteiger partial charge in [-0.1, -0.05) is 312 Å². The zero-order valence-corrected chi connectivity index (χ0v) is 62.0. The van der Waals surface area contributed by atoms with Crippen LogP contribution < -0.4 is 0 Å². The van der Waals surface area contributed by atoms with Gasteiger partial charge in [0, 0.05) is 25.7 Å². The van der Waals surface area contributed by atoms with Crippen LogP contribution in [0.1, 0.15) is 364 Å². The Hall–Kier alpha value is -1.94. The molecule has 19 heteroatoms. The maximum Gasteiger partial charge on any atom is 0.472 e. The van der Waals surface area contributed by atoms with Gasteiger partial charge in [0.05, 0.1) is 26.4 Å². The Morgan fingerprint density at radius 3 is 0.772 bits per heavy atom. The van der Waals surface area contributed by atoms with Gasteiger partial charge in [-0.2, -0.15) is 0 Å². The number of carbonyl (C=O) groups is 4. The van der Waals surface area contributed by atoms with Crippen molar-refractivity contribution in [2.75, 3.05) is 39.6 Å². The first-order chi connectivity index (χ1) is 44.2. The molecule has 17 nitrogen and oxygen atoms in total. The molecule has 0 aliphatic heterocycles. The van der Waals surface area contributed by atoms with Crippen molar-refractivity contribution in [3.05, 3.63) is 0 Å². The number of unbranched alkanes of at least 4 members (excludes halogenated alkanes) is 34. The number of aliphatic hydroxyl groups is 1. The summed E-state index contributed by atoms with van der Waals surface area (Å²) < 4.78 is 68.4. The second kappa shape index (κ2) is 62.6. The minimum atomic E-state index is -4.96. The van der Waals surface area contributed by atoms with E-state index in [0.717, 1.165) is 120 Å². The first kappa shape index (κ1) is 90.1. The van der Waals surface area contributed by atoms with E-state index in [-0.39, 0.29) is 25.7 Å². The minimum absolute atomic E-state index is 0.104. The van der Waals surface area contributed by atoms with Crippen LogP contribution in [-0.4, -0.2) is 96.7 Å². The maximum absolute atomic E-state index is 13.0. The predicted octanol–water partition coefficient (Wildman–Crippen LogP) is 20.9. The lowest BCUT2D eigenvalue weighted by Gasteiger charge is -2.21. The summed E-state index contributed by atoms with van der Waals surface area (Å²) in [6.45, 7) is 14.1. The van der Waals surface area contributed by atoms with Crippen LogP contribution in [0, 0.1) is 23.7 Å². The van der Waals surface area contributed by atoms with E-state index < -0.39 is 97.5 Å². The normalized spacial score (nSPS) is 14.8. The molecule has 0 bridgehead atoms. The van der Waals surface area contributed by atoms with Crippen LogP contribution in [0.3, 0.4) is 0 Å². The molecule has 7 atom stereocenters. The molecule has 546 valence electrons. The van der Waals surface area contributed by atoms with Crippen LogP contribution in [0.15, 0.2) is 0 Å². The van der Waals surface area contributed by atoms with E-state index in [9.17, 15) is 43.2 Å². The summed E-state index contributed by atoms with van der Waals surface area (Å²) in [5.74, 6) is 0.928. The molecule has 0 aromatic heterocycles. The molecule has 4 unspecified atom stereocenters. The quantitative estimate of drug-likeness (QED) is 0.0222. The fourth-order valence-electron chi connectivity index (χ4n) is 11.0. The Morgan fingerprint density at radius 1 is 0.304 bits per heavy atom. The lowest BCUT2D eigenvalue weighted by molar-refractivity contribution is -0.161. The van der Waals surface area contributed by atoms with Gasteiger partial charge in [-0.25, -0.2) is 9.13 Å². The molecule has 0 aliphatic rings. The molecule has 0 radical (unpaired) electrons. The van der Waals surface area contributed by atoms with Gasteiger partial charge in [-0.05, 0) is 49.4 Å². The molecule has 3 N–H and O–H groups in total. The molecule has 0 aromatic rings. The van der Waals surface area contributed by atoms with Crippen molar-refractivity contribution in [1.82, 2.24) is 0 Å². The van der Waals surface area contributed by atoms with Crippen LogP contribution in [-0.2, 0) is 65.4 Å². The van der Waals surface area contributed by atoms with Gasteiger partial charge in [0.2, 0.25) is 0 Å². The molecule has 0 spiro atoms. The van der Waals surface area contributed by atoms with Crippen molar-refractivity contribution < 1.29 is 80.2 Å². The Labute approximate surface area is 562 Å². The van der Waals surface area contributed by atoms with Crippen molar-refractivity contribution in [2.24, 2.45) is 23.7 Å². The van der Waals surface area contributed by atoms with Crippen LogP contribution in [0.25, 0.3) is 0 Å². The van der Waals surface area contributed by atoms with Crippen molar-refractivity contribution in [1.29, 1.82) is 0 Å². The third-order valence-electron chi connectivity index (χ3n) is 17.5. The van der Waals surface area contributed by atoms with Gasteiger partial charge < -0.3 is 33.8 Å². The summed E-state index contributed by atoms with van der Waals surface area (Å²) in [5, 5.41) is 10.6. The Morgan fingerprint density at radius 2 is 0.522 bits per heavy atom. The summed E-state index contributed by atoms with van der Waals surface area (Å²) >= 11 is 0. The number of phosphoric ester groups is 2. The molecular weight excluding hydrogens is 1210 g/mol. The van der Waals surface area contributed by atoms with Gasteiger partial charge in [0.15, 0.2) is 12.2 Å². The van der Waals surface area contributed by atoms with E-state index in [4.69, 9.17) is 37.0 Å². The van der Waals surface area contributed by atoms with E-state index >= 15 is 0 Å². The molecule has 0 amide bonds. The maximum atomic E-state index is 13.0. The standard InChI is InChI=1S/C73H142O17P2/c1-9-65(7)51-43-35-27-20-15-13-11-12-14-16-21-29-39-47-55-72(77)89-68(59-83-70(75)53-45-37-28-24-23-26-34-42-50-64(5)6)61-87-91(79,80)85-57-67(74)58-86-92(81,82)88-62-69(60-84-71(76)54-46-38-32-31-36-44-52-66(8)10-2)90-73(78)56-48-40-30-22-18-17-19-25-33-41-49-63(3)4/h63-69,74H,9-62H2,1-8H3,(H,79,80)(H,81,82)/t65?,66?,67-,68-,69-/m1/s1. The second-order valence-electron chi connectivity index (χ2n) is 27.8. The summed E-state index contributed by atoms with van der Waals surface area (Å²) in [4.78, 5) is 72.7. The molecule has 0 heterocycles. The van der Waals surface area contributed by atoms with Gasteiger partial charge in [0.25, 0.3) is 0 Å². The number of phosphoric acid groups is 2. The molecule has 0 fully saturated rings. The number of hydrogen-bond donors (Lipinski definition) is 3. The zero-order valence-electron chi connectivity index (χ0n) is 60.2. The number of hydrogen-bond acceptors (Lipinski definition) is 15. The van der Waals surface area contributed by atoms with Gasteiger partial charge in [-0.3, -0.25) is 37.3 Å². The predicted molar refractivity (Wildman–Crippen MR) is 372 cm³/mol. The topological polar surface area (TPSA) is 237 Å². The zero-order chi connectivity index (χ0) is 68.2. The first-order valence-electron chi connectivity index (χ1n) is 37.8. The molecule has 0 rings (SSSR count). The Balaban J connectivity index is 5.24. The second-order valence-corrected chi connectivity index (χ2v) is 30.7. The van der Waals surface area contributed by atoms with Gasteiger partial charge in [0.1, 0.15) is 19.3 Å². The molecule has 0 saturated carbocycles. The summed E-state index contributed by atoms with van der Waals surface area (Å²) in [7, 11) is -9.91. The average molecular weight is 1350 g/mol. The highest BCUT2D eigenvalue weighted by Crippen LogP contribution is 2.45. The van der Waals surface area contributed by atoms with Crippen molar-refractivity contribution >= 4 is 39.5 Å². The van der Waals surface area contributed by atoms with Crippen LogP contribution >= 0.6 is 15.6 Å². The fourth-order valence-corrected chi connectivity index (χ4v) is 12.5. The van der Waals surface area contributed by atoms with E-state index in [1.165, 1.54) is 161 Å². The monoisotopic (exact) mass is 1350 g/mol. The highest BCUT2D eigenvalue weighted by atomic mass is 31.2. The molecule has 92 heavy (non-hydrogen) atoms. The largest absolute Gasteiger partial charge is 0.472 e. The molecule has 0 aromatic carbocycles. The lowest BCUT2D eigenvalue weighted by Crippen LogP contribution is -2.30. The number of ether oxygens (including phenoxy) is 4. The fraction of sp³-hybridized carbons (Fsp3) is 0.945. The van der Waals surface area contributed by atoms with E-state index in [1.807, 2.05) is 0 Å². The summed E-state index contributed by atoms with van der Waals surface area (Å²) in [6.07, 6.45) is 45.8. The van der Waals surface area contributed by atoms with Gasteiger partial charge >= 0.3 is 39.5 Å². The highest BCUT2D eigenvalue weighted by Gasteiger charge is 2.30. The number of carbonyl (C=O) groups excluding carboxylic acids is 4. The van der Waals surface area contributed by atoms with Crippen LogP contribution in [0.5, 0.6) is 0 Å². The molecule has 0 aliphatic carbocycles. The Bertz CT molecular complexity index is 1820. The SMILES string of the molecule is CCC(C)CCCCCCCCCCCCCCCCC(=O)O[C@H](COC(=O)CCCCCCCCCCC(C)C)COP(=O)(O)OC[C@@H](O)COP(=O)(O)OC[C@@H](COC(=O)CCCCCCCCC(C)CC)OC(=O)CCCCCCCCCCCCC(C)C. The van der Waals surface area contributed by atoms with E-state index in [0.29, 0.717) is 25.7 Å². The summed E-state index contributed by atoms with van der Waals surface area (Å²) in [5.41, 5.74) is 0. The van der Waals surface area contributed by atoms with Crippen molar-refractivity contribution in [3.63, 3.8) is 0 Å². The van der Waals surface area contributed by atoms with Crippen molar-refractivity contribution in [3.8, 4) is 0 Å². The van der Waals surface area contributed by atoms with Crippen molar-refractivity contribution in [2.45, 2.75) is 382 Å². The smallest absolute Gasteiger partial charge is 0.462 e. The Kier molecular flexibility index (Phi) is 61.3. The minimum Gasteiger partial charge on any atom is -0.462 e. The third kappa shape index (κ3) is 64.1. The van der Waals surface area contributed by atoms with Crippen LogP contribution in [0.4, 0.5) is 0 Å². The molecular formula is C73H142O17P2. The molecule has 0 saturated heterocycles. The third-order valence-corrected chi connectivity index (χ3v) is 19.4. The number of aliphatic hydroxyl groups excluding tert-OH is 1. The summed E-state index contributed by atoms with van der Waals surface area (Å²) in [6, 6.07) is 0. The van der Waals surface area contributed by atoms with E-state index in [2.05, 4.69) is 55.4 Å². The van der Waals surface area contributed by atoms with Crippen LogP contribution in [0.2, 0.25) is 0 Å². The number of esters is 4. The van der Waals surface area contributed by atoms with Gasteiger partial charge in [-0.15, -0.1) is 0 Å².